The van der Waals surface area contributed by atoms with Crippen LogP contribution in [0.5, 0.6) is 0 Å². The summed E-state index contributed by atoms with van der Waals surface area (Å²) in [6.45, 7) is 0.534. The summed E-state index contributed by atoms with van der Waals surface area (Å²) in [6, 6.07) is 13.4. The molecule has 0 fully saturated rings. The number of nitrogens with one attached hydrogen (secondary N) is 1. The Hall–Kier alpha value is -2.90. The van der Waals surface area contributed by atoms with Crippen LogP contribution in [-0.2, 0) is 16.2 Å². The van der Waals surface area contributed by atoms with Crippen molar-refractivity contribution >= 4 is 40.6 Å². The number of aromatic nitrogens is 2. The zero-order chi connectivity index (χ0) is 20.4. The van der Waals surface area contributed by atoms with Crippen molar-refractivity contribution in [2.24, 2.45) is 5.16 Å². The van der Waals surface area contributed by atoms with Crippen LogP contribution < -0.4 is 5.32 Å². The zero-order valence-corrected chi connectivity index (χ0v) is 16.5. The summed E-state index contributed by atoms with van der Waals surface area (Å²) in [6.07, 6.45) is 0.973. The molecule has 0 saturated carbocycles. The van der Waals surface area contributed by atoms with Crippen molar-refractivity contribution in [2.45, 2.75) is 19.1 Å². The monoisotopic (exact) mass is 432 g/mol. The SMILES string of the molecule is O=C(Nc1ccn(Cc2ccc(Cl)cc2)n1)C1CC(c2c(F)cccc2Cl)=NO1. The first kappa shape index (κ1) is 19.4. The Morgan fingerprint density at radius 1 is 1.21 bits per heavy atom. The molecule has 6 nitrogen and oxygen atoms in total. The van der Waals surface area contributed by atoms with E-state index in [-0.39, 0.29) is 17.0 Å². The van der Waals surface area contributed by atoms with Gasteiger partial charge in [-0.05, 0) is 29.8 Å². The maximum Gasteiger partial charge on any atom is 0.269 e. The lowest BCUT2D eigenvalue weighted by Crippen LogP contribution is -2.28. The van der Waals surface area contributed by atoms with Gasteiger partial charge in [0.25, 0.3) is 5.91 Å². The number of rotatable bonds is 5. The van der Waals surface area contributed by atoms with Gasteiger partial charge in [0.05, 0.1) is 22.8 Å². The Kier molecular flexibility index (Phi) is 5.51. The third-order valence-corrected chi connectivity index (χ3v) is 4.93. The van der Waals surface area contributed by atoms with Gasteiger partial charge in [-0.1, -0.05) is 46.6 Å². The minimum absolute atomic E-state index is 0.109. The summed E-state index contributed by atoms with van der Waals surface area (Å²) < 4.78 is 15.7. The van der Waals surface area contributed by atoms with Crippen molar-refractivity contribution in [2.75, 3.05) is 5.32 Å². The number of nitrogens with zero attached hydrogens (tertiary/aromatic N) is 3. The maximum absolute atomic E-state index is 14.0. The predicted octanol–water partition coefficient (Wildman–Crippen LogP) is 4.51. The Balaban J connectivity index is 1.37. The number of carbonyl (C=O) groups is 1. The van der Waals surface area contributed by atoms with E-state index in [9.17, 15) is 9.18 Å². The van der Waals surface area contributed by atoms with E-state index in [0.717, 1.165) is 5.56 Å². The lowest BCUT2D eigenvalue weighted by Gasteiger charge is -2.08. The molecule has 9 heteroatoms. The number of hydrogen-bond donors (Lipinski definition) is 1. The molecule has 1 atom stereocenters. The Morgan fingerprint density at radius 2 is 2.00 bits per heavy atom. The van der Waals surface area contributed by atoms with Gasteiger partial charge in [0, 0.05) is 23.7 Å². The van der Waals surface area contributed by atoms with Crippen LogP contribution in [0.25, 0.3) is 0 Å². The second kappa shape index (κ2) is 8.23. The van der Waals surface area contributed by atoms with E-state index in [4.69, 9.17) is 28.0 Å². The molecule has 1 aliphatic rings. The third kappa shape index (κ3) is 4.41. The van der Waals surface area contributed by atoms with Crippen molar-refractivity contribution in [3.8, 4) is 0 Å². The molecular weight excluding hydrogens is 418 g/mol. The minimum Gasteiger partial charge on any atom is -0.382 e. The molecule has 29 heavy (non-hydrogen) atoms. The van der Waals surface area contributed by atoms with Crippen LogP contribution >= 0.6 is 23.2 Å². The lowest BCUT2D eigenvalue weighted by molar-refractivity contribution is -0.125. The molecule has 3 aromatic rings. The fourth-order valence-corrected chi connectivity index (χ4v) is 3.34. The molecular formula is C20H15Cl2FN4O2. The fraction of sp³-hybridized carbons (Fsp3) is 0.150. The second-order valence-corrected chi connectivity index (χ2v) is 7.29. The highest BCUT2D eigenvalue weighted by molar-refractivity contribution is 6.34. The first-order valence-corrected chi connectivity index (χ1v) is 9.51. The molecule has 1 aliphatic heterocycles. The fourth-order valence-electron chi connectivity index (χ4n) is 2.94. The predicted molar refractivity (Wildman–Crippen MR) is 109 cm³/mol. The summed E-state index contributed by atoms with van der Waals surface area (Å²) in [4.78, 5) is 17.6. The van der Waals surface area contributed by atoms with Gasteiger partial charge < -0.3 is 10.2 Å². The van der Waals surface area contributed by atoms with Gasteiger partial charge in [-0.25, -0.2) is 4.39 Å². The summed E-state index contributed by atoms with van der Waals surface area (Å²) in [5.74, 6) is -0.556. The van der Waals surface area contributed by atoms with E-state index < -0.39 is 17.8 Å². The summed E-state index contributed by atoms with van der Waals surface area (Å²) in [5, 5.41) is 11.7. The first-order chi connectivity index (χ1) is 14.0. The van der Waals surface area contributed by atoms with Crippen molar-refractivity contribution in [1.82, 2.24) is 9.78 Å². The van der Waals surface area contributed by atoms with Gasteiger partial charge in [-0.2, -0.15) is 5.10 Å². The molecule has 1 amide bonds. The highest BCUT2D eigenvalue weighted by Gasteiger charge is 2.31. The molecule has 0 radical (unpaired) electrons. The van der Waals surface area contributed by atoms with Gasteiger partial charge in [0.2, 0.25) is 6.10 Å². The number of carbonyl (C=O) groups excluding carboxylic acids is 1. The third-order valence-electron chi connectivity index (χ3n) is 4.36. The van der Waals surface area contributed by atoms with E-state index in [1.807, 2.05) is 12.1 Å². The molecule has 1 unspecified atom stereocenters. The van der Waals surface area contributed by atoms with E-state index in [0.29, 0.717) is 23.1 Å². The number of anilines is 1. The Labute approximate surface area is 175 Å². The van der Waals surface area contributed by atoms with Gasteiger partial charge in [-0.15, -0.1) is 0 Å². The lowest BCUT2D eigenvalue weighted by atomic mass is 10.0. The smallest absolute Gasteiger partial charge is 0.269 e. The largest absolute Gasteiger partial charge is 0.382 e. The van der Waals surface area contributed by atoms with Crippen LogP contribution in [0.15, 0.2) is 59.9 Å². The molecule has 2 heterocycles. The average Bonchev–Trinajstić information content (AvgIpc) is 3.33. The topological polar surface area (TPSA) is 68.5 Å². The standard InChI is InChI=1S/C20H15Cl2FN4O2/c21-13-6-4-12(5-7-13)11-27-9-8-18(25-27)24-20(28)17-10-16(26-29-17)19-14(22)2-1-3-15(19)23/h1-9,17H,10-11H2,(H,24,25,28). The van der Waals surface area contributed by atoms with Crippen molar-refractivity contribution in [3.63, 3.8) is 0 Å². The van der Waals surface area contributed by atoms with Gasteiger partial charge >= 0.3 is 0 Å². The van der Waals surface area contributed by atoms with Crippen LogP contribution in [0, 0.1) is 5.82 Å². The van der Waals surface area contributed by atoms with Crippen LogP contribution in [0.2, 0.25) is 10.0 Å². The number of hydrogen-bond acceptors (Lipinski definition) is 4. The van der Waals surface area contributed by atoms with E-state index >= 15 is 0 Å². The molecule has 1 N–H and O–H groups in total. The molecule has 2 aromatic carbocycles. The summed E-state index contributed by atoms with van der Waals surface area (Å²) in [7, 11) is 0. The molecule has 0 spiro atoms. The molecule has 148 valence electrons. The van der Waals surface area contributed by atoms with E-state index in [2.05, 4.69) is 15.6 Å². The van der Waals surface area contributed by atoms with Crippen LogP contribution in [0.1, 0.15) is 17.5 Å². The second-order valence-electron chi connectivity index (χ2n) is 6.45. The van der Waals surface area contributed by atoms with Gasteiger partial charge in [-0.3, -0.25) is 9.48 Å². The van der Waals surface area contributed by atoms with Crippen molar-refractivity contribution in [1.29, 1.82) is 0 Å². The Bertz CT molecular complexity index is 1060. The van der Waals surface area contributed by atoms with Crippen molar-refractivity contribution < 1.29 is 14.0 Å². The average molecular weight is 433 g/mol. The number of amides is 1. The molecule has 0 saturated heterocycles. The maximum atomic E-state index is 14.0. The summed E-state index contributed by atoms with van der Waals surface area (Å²) in [5.41, 5.74) is 1.47. The number of halogens is 3. The molecule has 0 aliphatic carbocycles. The van der Waals surface area contributed by atoms with Crippen LogP contribution in [0.4, 0.5) is 10.2 Å². The molecule has 0 bridgehead atoms. The molecule has 4 rings (SSSR count). The molecule has 1 aromatic heterocycles. The summed E-state index contributed by atoms with van der Waals surface area (Å²) >= 11 is 11.9. The minimum atomic E-state index is -0.887. The Morgan fingerprint density at radius 3 is 2.76 bits per heavy atom. The van der Waals surface area contributed by atoms with Gasteiger partial charge in [0.1, 0.15) is 5.82 Å². The van der Waals surface area contributed by atoms with E-state index in [1.54, 1.807) is 35.1 Å². The first-order valence-electron chi connectivity index (χ1n) is 8.75. The van der Waals surface area contributed by atoms with Crippen LogP contribution in [0.3, 0.4) is 0 Å². The zero-order valence-electron chi connectivity index (χ0n) is 15.0. The number of oxime groups is 1. The van der Waals surface area contributed by atoms with Crippen LogP contribution in [-0.4, -0.2) is 27.5 Å². The van der Waals surface area contributed by atoms with Gasteiger partial charge in [0.15, 0.2) is 5.82 Å². The normalized spacial score (nSPS) is 15.7. The number of benzene rings is 2. The van der Waals surface area contributed by atoms with E-state index in [1.165, 1.54) is 12.1 Å². The highest BCUT2D eigenvalue weighted by atomic mass is 35.5. The van der Waals surface area contributed by atoms with Crippen molar-refractivity contribution in [3.05, 3.63) is 81.7 Å². The highest BCUT2D eigenvalue weighted by Crippen LogP contribution is 2.26. The quantitative estimate of drug-likeness (QED) is 0.644.